The van der Waals surface area contributed by atoms with Crippen molar-refractivity contribution in [2.75, 3.05) is 0 Å². The number of aromatic carboxylic acids is 1. The number of hydrogen-bond donors (Lipinski definition) is 1. The molecule has 0 aliphatic carbocycles. The van der Waals surface area contributed by atoms with Crippen molar-refractivity contribution in [1.29, 1.82) is 0 Å². The van der Waals surface area contributed by atoms with Crippen LogP contribution in [0.4, 0.5) is 4.39 Å². The molecule has 110 valence electrons. The molecule has 0 radical (unpaired) electrons. The van der Waals surface area contributed by atoms with E-state index in [0.717, 1.165) is 0 Å². The van der Waals surface area contributed by atoms with Crippen molar-refractivity contribution < 1.29 is 14.3 Å². The van der Waals surface area contributed by atoms with E-state index in [-0.39, 0.29) is 10.7 Å². The molecule has 0 aliphatic rings. The number of carboxylic acid groups (broad SMARTS) is 1. The summed E-state index contributed by atoms with van der Waals surface area (Å²) >= 11 is 5.87. The molecule has 2 heterocycles. The Kier molecular flexibility index (Phi) is 3.60. The van der Waals surface area contributed by atoms with Crippen molar-refractivity contribution in [3.05, 3.63) is 65.2 Å². The fourth-order valence-electron chi connectivity index (χ4n) is 2.05. The predicted molar refractivity (Wildman–Crippen MR) is 78.7 cm³/mol. The van der Waals surface area contributed by atoms with Gasteiger partial charge in [-0.2, -0.15) is 5.10 Å². The molecule has 3 rings (SSSR count). The summed E-state index contributed by atoms with van der Waals surface area (Å²) in [5, 5.41) is 13.3. The first-order valence-corrected chi connectivity index (χ1v) is 6.63. The lowest BCUT2D eigenvalue weighted by Crippen LogP contribution is -2.03. The molecule has 3 aromatic rings. The Morgan fingerprint density at radius 3 is 2.68 bits per heavy atom. The van der Waals surface area contributed by atoms with Crippen LogP contribution < -0.4 is 0 Å². The molecule has 0 unspecified atom stereocenters. The number of halogens is 2. The third-order valence-corrected chi connectivity index (χ3v) is 3.17. The molecule has 5 nitrogen and oxygen atoms in total. The van der Waals surface area contributed by atoms with Crippen LogP contribution in [0.2, 0.25) is 5.02 Å². The van der Waals surface area contributed by atoms with Crippen LogP contribution >= 0.6 is 11.6 Å². The summed E-state index contributed by atoms with van der Waals surface area (Å²) in [6, 6.07) is 10.5. The third-order valence-electron chi connectivity index (χ3n) is 2.95. The van der Waals surface area contributed by atoms with Gasteiger partial charge in [-0.25, -0.2) is 18.9 Å². The Morgan fingerprint density at radius 1 is 1.23 bits per heavy atom. The van der Waals surface area contributed by atoms with Crippen LogP contribution in [0.15, 0.2) is 48.7 Å². The van der Waals surface area contributed by atoms with Crippen molar-refractivity contribution in [2.24, 2.45) is 0 Å². The summed E-state index contributed by atoms with van der Waals surface area (Å²) in [7, 11) is 0. The Hall–Kier alpha value is -2.73. The summed E-state index contributed by atoms with van der Waals surface area (Å²) in [6.45, 7) is 0. The highest BCUT2D eigenvalue weighted by atomic mass is 35.5. The van der Waals surface area contributed by atoms with E-state index >= 15 is 0 Å². The standard InChI is InChI=1S/C15H9ClFN3O2/c16-10-5-9(6-11(17)7-10)13-8-12(15(21)22)19-20(13)14-3-1-2-4-18-14/h1-8H,(H,21,22). The first-order valence-electron chi connectivity index (χ1n) is 6.26. The molecule has 0 amide bonds. The van der Waals surface area contributed by atoms with Crippen molar-refractivity contribution >= 4 is 17.6 Å². The second-order valence-corrected chi connectivity index (χ2v) is 4.91. The third kappa shape index (κ3) is 2.68. The fourth-order valence-corrected chi connectivity index (χ4v) is 2.27. The van der Waals surface area contributed by atoms with Gasteiger partial charge in [0, 0.05) is 16.8 Å². The minimum absolute atomic E-state index is 0.166. The van der Waals surface area contributed by atoms with E-state index in [1.807, 2.05) is 0 Å². The largest absolute Gasteiger partial charge is 0.476 e. The van der Waals surface area contributed by atoms with E-state index in [1.165, 1.54) is 28.9 Å². The summed E-state index contributed by atoms with van der Waals surface area (Å²) < 4.78 is 14.9. The van der Waals surface area contributed by atoms with Crippen LogP contribution in [0.25, 0.3) is 17.1 Å². The van der Waals surface area contributed by atoms with Gasteiger partial charge in [-0.1, -0.05) is 17.7 Å². The van der Waals surface area contributed by atoms with Gasteiger partial charge < -0.3 is 5.11 Å². The smallest absolute Gasteiger partial charge is 0.356 e. The average molecular weight is 318 g/mol. The molecule has 1 N–H and O–H groups in total. The topological polar surface area (TPSA) is 68.0 Å². The molecule has 0 atom stereocenters. The minimum atomic E-state index is -1.18. The highest BCUT2D eigenvalue weighted by Crippen LogP contribution is 2.27. The zero-order valence-electron chi connectivity index (χ0n) is 11.1. The molecule has 1 aromatic carbocycles. The maximum absolute atomic E-state index is 13.6. The summed E-state index contributed by atoms with van der Waals surface area (Å²) in [4.78, 5) is 15.3. The zero-order chi connectivity index (χ0) is 15.7. The van der Waals surface area contributed by atoms with Crippen LogP contribution in [0.3, 0.4) is 0 Å². The lowest BCUT2D eigenvalue weighted by molar-refractivity contribution is 0.0690. The number of pyridine rings is 1. The molecule has 0 aliphatic heterocycles. The van der Waals surface area contributed by atoms with Gasteiger partial charge in [0.2, 0.25) is 0 Å². The van der Waals surface area contributed by atoms with Crippen molar-refractivity contribution in [3.63, 3.8) is 0 Å². The number of carbonyl (C=O) groups is 1. The average Bonchev–Trinajstić information content (AvgIpc) is 2.92. The molecule has 7 heteroatoms. The fraction of sp³-hybridized carbons (Fsp3) is 0. The maximum Gasteiger partial charge on any atom is 0.356 e. The number of carboxylic acids is 1. The van der Waals surface area contributed by atoms with E-state index in [0.29, 0.717) is 17.1 Å². The number of rotatable bonds is 3. The lowest BCUT2D eigenvalue weighted by Gasteiger charge is -2.07. The Balaban J connectivity index is 2.23. The first-order chi connectivity index (χ1) is 10.5. The van der Waals surface area contributed by atoms with Crippen molar-refractivity contribution in [1.82, 2.24) is 14.8 Å². The summed E-state index contributed by atoms with van der Waals surface area (Å²) in [5.74, 6) is -1.28. The van der Waals surface area contributed by atoms with E-state index in [4.69, 9.17) is 16.7 Å². The number of aromatic nitrogens is 3. The van der Waals surface area contributed by atoms with Gasteiger partial charge in [0.15, 0.2) is 11.5 Å². The zero-order valence-corrected chi connectivity index (χ0v) is 11.8. The molecule has 0 saturated carbocycles. The van der Waals surface area contributed by atoms with Crippen LogP contribution in [-0.2, 0) is 0 Å². The van der Waals surface area contributed by atoms with Gasteiger partial charge in [-0.15, -0.1) is 0 Å². The molecular formula is C15H9ClFN3O2. The van der Waals surface area contributed by atoms with Crippen molar-refractivity contribution in [3.8, 4) is 17.1 Å². The number of hydrogen-bond acceptors (Lipinski definition) is 3. The maximum atomic E-state index is 13.6. The normalized spacial score (nSPS) is 10.6. The predicted octanol–water partition coefficient (Wildman–Crippen LogP) is 3.43. The van der Waals surface area contributed by atoms with E-state index < -0.39 is 11.8 Å². The van der Waals surface area contributed by atoms with Crippen LogP contribution in [0.5, 0.6) is 0 Å². The molecular weight excluding hydrogens is 309 g/mol. The Bertz CT molecular complexity index is 829. The van der Waals surface area contributed by atoms with Gasteiger partial charge in [-0.3, -0.25) is 0 Å². The molecule has 0 saturated heterocycles. The number of nitrogens with zero attached hydrogens (tertiary/aromatic N) is 3. The van der Waals surface area contributed by atoms with Crippen LogP contribution in [-0.4, -0.2) is 25.8 Å². The van der Waals surface area contributed by atoms with Crippen LogP contribution in [0.1, 0.15) is 10.5 Å². The SMILES string of the molecule is O=C(O)c1cc(-c2cc(F)cc(Cl)c2)n(-c2ccccn2)n1. The molecule has 2 aromatic heterocycles. The van der Waals surface area contributed by atoms with Gasteiger partial charge in [0.1, 0.15) is 5.82 Å². The van der Waals surface area contributed by atoms with Gasteiger partial charge in [0.25, 0.3) is 0 Å². The minimum Gasteiger partial charge on any atom is -0.476 e. The monoisotopic (exact) mass is 317 g/mol. The second kappa shape index (κ2) is 5.57. The van der Waals surface area contributed by atoms with E-state index in [1.54, 1.807) is 24.4 Å². The highest BCUT2D eigenvalue weighted by molar-refractivity contribution is 6.30. The number of benzene rings is 1. The summed E-state index contributed by atoms with van der Waals surface area (Å²) in [5.41, 5.74) is 0.634. The molecule has 22 heavy (non-hydrogen) atoms. The Labute approximate surface area is 129 Å². The van der Waals surface area contributed by atoms with Gasteiger partial charge in [-0.05, 0) is 36.4 Å². The second-order valence-electron chi connectivity index (χ2n) is 4.48. The van der Waals surface area contributed by atoms with E-state index in [2.05, 4.69) is 10.1 Å². The first kappa shape index (κ1) is 14.2. The van der Waals surface area contributed by atoms with Gasteiger partial charge in [0.05, 0.1) is 5.69 Å². The summed E-state index contributed by atoms with van der Waals surface area (Å²) in [6.07, 6.45) is 1.56. The lowest BCUT2D eigenvalue weighted by atomic mass is 10.1. The highest BCUT2D eigenvalue weighted by Gasteiger charge is 2.17. The molecule has 0 spiro atoms. The Morgan fingerprint density at radius 2 is 2.05 bits per heavy atom. The van der Waals surface area contributed by atoms with Gasteiger partial charge >= 0.3 is 5.97 Å². The van der Waals surface area contributed by atoms with E-state index in [9.17, 15) is 9.18 Å². The van der Waals surface area contributed by atoms with Crippen LogP contribution in [0, 0.1) is 5.82 Å². The molecule has 0 fully saturated rings. The molecule has 0 bridgehead atoms. The van der Waals surface area contributed by atoms with Crippen molar-refractivity contribution in [2.45, 2.75) is 0 Å². The quantitative estimate of drug-likeness (QED) is 0.803.